The second-order valence-electron chi connectivity index (χ2n) is 5.83. The van der Waals surface area contributed by atoms with Crippen LogP contribution in [-0.4, -0.2) is 57.8 Å². The van der Waals surface area contributed by atoms with E-state index in [1.54, 1.807) is 38.1 Å². The van der Waals surface area contributed by atoms with Gasteiger partial charge in [-0.25, -0.2) is 0 Å². The third-order valence-corrected chi connectivity index (χ3v) is 5.47. The van der Waals surface area contributed by atoms with Crippen LogP contribution in [0.25, 0.3) is 0 Å². The van der Waals surface area contributed by atoms with Gasteiger partial charge in [-0.15, -0.1) is 0 Å². The fourth-order valence-electron chi connectivity index (χ4n) is 2.65. The van der Waals surface area contributed by atoms with Gasteiger partial charge in [0.25, 0.3) is 0 Å². The van der Waals surface area contributed by atoms with Crippen LogP contribution in [0, 0.1) is 0 Å². The molecule has 0 atom stereocenters. The zero-order valence-electron chi connectivity index (χ0n) is 16.7. The number of unbranched alkanes of at least 4 members (excludes halogenated alkanes) is 5. The number of hydrogen-bond donors (Lipinski definition) is 0. The Morgan fingerprint density at radius 2 is 1.38 bits per heavy atom. The summed E-state index contributed by atoms with van der Waals surface area (Å²) in [6, 6.07) is 8.68. The average Bonchev–Trinajstić information content (AvgIpc) is 2.61. The van der Waals surface area contributed by atoms with Crippen molar-refractivity contribution >= 4 is 39.7 Å². The van der Waals surface area contributed by atoms with E-state index in [0.717, 1.165) is 12.8 Å². The Kier molecular flexibility index (Phi) is 14.1. The second kappa shape index (κ2) is 14.1. The van der Waals surface area contributed by atoms with Crippen LogP contribution in [-0.2, 0) is 28.9 Å². The molecule has 0 N–H and O–H groups in total. The van der Waals surface area contributed by atoms with Gasteiger partial charge in [-0.2, -0.15) is 8.42 Å². The molecule has 1 radical (unpaired) electrons. The van der Waals surface area contributed by atoms with E-state index >= 15 is 0 Å². The first kappa shape index (κ1) is 26.1. The minimum atomic E-state index is -4.10. The van der Waals surface area contributed by atoms with Crippen LogP contribution in [0.2, 0.25) is 0 Å². The van der Waals surface area contributed by atoms with E-state index < -0.39 is 15.2 Å². The maximum absolute atomic E-state index is 12.9. The summed E-state index contributed by atoms with van der Waals surface area (Å²) in [5.41, 5.74) is 0.418. The standard InChI is InChI=1S/C19H32O5S.Na/c1-4-7-8-9-10-14-17-24-25(20,21)19(22-5-2,23-6-3)18-15-12-11-13-16-18;/h11-13,15-16H,4-10,14,17H2,1-3H3;. The monoisotopic (exact) mass is 395 g/mol. The van der Waals surface area contributed by atoms with Crippen LogP contribution in [0.3, 0.4) is 0 Å². The molecule has 0 aliphatic carbocycles. The number of benzene rings is 1. The molecule has 0 unspecified atom stereocenters. The molecule has 0 aromatic heterocycles. The van der Waals surface area contributed by atoms with Gasteiger partial charge in [0.2, 0.25) is 0 Å². The predicted octanol–water partition coefficient (Wildman–Crippen LogP) is 4.20. The van der Waals surface area contributed by atoms with E-state index in [9.17, 15) is 8.42 Å². The Bertz CT molecular complexity index is 557. The quantitative estimate of drug-likeness (QED) is 0.204. The van der Waals surface area contributed by atoms with Crippen LogP contribution < -0.4 is 0 Å². The molecular formula is C19H32NaO5S. The molecule has 0 amide bonds. The zero-order chi connectivity index (χ0) is 18.6. The molecular weight excluding hydrogens is 363 g/mol. The van der Waals surface area contributed by atoms with Crippen molar-refractivity contribution in [2.75, 3.05) is 19.8 Å². The molecule has 1 aromatic carbocycles. The SMILES string of the molecule is CCCCCCCCOS(=O)(=O)C(OCC)(OCC)c1ccccc1.[Na]. The summed E-state index contributed by atoms with van der Waals surface area (Å²) in [7, 11) is -4.10. The van der Waals surface area contributed by atoms with Crippen molar-refractivity contribution in [1.29, 1.82) is 0 Å². The van der Waals surface area contributed by atoms with Crippen molar-refractivity contribution in [2.45, 2.75) is 64.4 Å². The van der Waals surface area contributed by atoms with Crippen molar-refractivity contribution in [3.05, 3.63) is 35.9 Å². The Labute approximate surface area is 181 Å². The molecule has 0 saturated carbocycles. The molecule has 145 valence electrons. The summed E-state index contributed by atoms with van der Waals surface area (Å²) in [6.45, 7) is 6.16. The topological polar surface area (TPSA) is 61.8 Å². The van der Waals surface area contributed by atoms with Crippen LogP contribution in [0.5, 0.6) is 0 Å². The van der Waals surface area contributed by atoms with E-state index in [4.69, 9.17) is 13.7 Å². The summed E-state index contributed by atoms with van der Waals surface area (Å²) in [5, 5.41) is -1.92. The first-order valence-corrected chi connectivity index (χ1v) is 10.7. The maximum atomic E-state index is 12.9. The third kappa shape index (κ3) is 7.58. The van der Waals surface area contributed by atoms with Crippen molar-refractivity contribution in [1.82, 2.24) is 0 Å². The molecule has 0 fully saturated rings. The molecule has 1 aromatic rings. The number of ether oxygens (including phenoxy) is 2. The van der Waals surface area contributed by atoms with Crippen LogP contribution >= 0.6 is 0 Å². The van der Waals surface area contributed by atoms with Crippen molar-refractivity contribution < 1.29 is 22.1 Å². The molecule has 0 saturated heterocycles. The Balaban J connectivity index is 0.00000625. The second-order valence-corrected chi connectivity index (χ2v) is 7.51. The fourth-order valence-corrected chi connectivity index (χ4v) is 4.09. The Hall–Kier alpha value is 0.0500. The number of rotatable bonds is 14. The first-order chi connectivity index (χ1) is 12.0. The predicted molar refractivity (Wildman–Crippen MR) is 105 cm³/mol. The zero-order valence-corrected chi connectivity index (χ0v) is 19.5. The average molecular weight is 396 g/mol. The van der Waals surface area contributed by atoms with E-state index in [-0.39, 0.29) is 49.4 Å². The van der Waals surface area contributed by atoms with E-state index in [0.29, 0.717) is 12.0 Å². The molecule has 5 nitrogen and oxygen atoms in total. The summed E-state index contributed by atoms with van der Waals surface area (Å²) in [5.74, 6) is 0. The largest absolute Gasteiger partial charge is 0.332 e. The van der Waals surface area contributed by atoms with Gasteiger partial charge in [0.05, 0.1) is 6.61 Å². The van der Waals surface area contributed by atoms with E-state index in [1.807, 2.05) is 6.07 Å². The van der Waals surface area contributed by atoms with Gasteiger partial charge in [-0.05, 0) is 20.3 Å². The van der Waals surface area contributed by atoms with Crippen LogP contribution in [0.15, 0.2) is 30.3 Å². The van der Waals surface area contributed by atoms with Gasteiger partial charge in [-0.1, -0.05) is 69.4 Å². The normalized spacial score (nSPS) is 12.0. The van der Waals surface area contributed by atoms with Crippen molar-refractivity contribution in [3.63, 3.8) is 0 Å². The van der Waals surface area contributed by atoms with Gasteiger partial charge in [0.15, 0.2) is 0 Å². The van der Waals surface area contributed by atoms with E-state index in [1.165, 1.54) is 19.3 Å². The molecule has 7 heteroatoms. The summed E-state index contributed by atoms with van der Waals surface area (Å²) in [4.78, 5) is 0. The maximum Gasteiger partial charge on any atom is 0.329 e. The Morgan fingerprint density at radius 3 is 1.92 bits per heavy atom. The third-order valence-electron chi connectivity index (χ3n) is 3.86. The van der Waals surface area contributed by atoms with Crippen molar-refractivity contribution in [3.8, 4) is 0 Å². The molecule has 0 bridgehead atoms. The molecule has 0 heterocycles. The van der Waals surface area contributed by atoms with Gasteiger partial charge in [-0.3, -0.25) is 4.18 Å². The van der Waals surface area contributed by atoms with Crippen molar-refractivity contribution in [2.24, 2.45) is 0 Å². The van der Waals surface area contributed by atoms with Gasteiger partial charge in [0, 0.05) is 48.3 Å². The minimum Gasteiger partial charge on any atom is -0.332 e. The Morgan fingerprint density at radius 1 is 0.846 bits per heavy atom. The summed E-state index contributed by atoms with van der Waals surface area (Å²) in [6.07, 6.45) is 6.33. The molecule has 0 aliphatic rings. The molecule has 1 rings (SSSR count). The first-order valence-electron chi connectivity index (χ1n) is 9.26. The summed E-state index contributed by atoms with van der Waals surface area (Å²) < 4.78 is 42.3. The van der Waals surface area contributed by atoms with Gasteiger partial charge < -0.3 is 9.47 Å². The van der Waals surface area contributed by atoms with Gasteiger partial charge in [0.1, 0.15) is 0 Å². The number of hydrogen-bond acceptors (Lipinski definition) is 5. The minimum absolute atomic E-state index is 0. The van der Waals surface area contributed by atoms with Gasteiger partial charge >= 0.3 is 15.2 Å². The summed E-state index contributed by atoms with van der Waals surface area (Å²) >= 11 is 0. The fraction of sp³-hybridized carbons (Fsp3) is 0.684. The molecule has 26 heavy (non-hydrogen) atoms. The molecule has 0 aliphatic heterocycles. The van der Waals surface area contributed by atoms with Crippen LogP contribution in [0.4, 0.5) is 0 Å². The van der Waals surface area contributed by atoms with Crippen LogP contribution in [0.1, 0.15) is 64.9 Å². The smallest absolute Gasteiger partial charge is 0.329 e. The van der Waals surface area contributed by atoms with E-state index in [2.05, 4.69) is 6.92 Å². The molecule has 0 spiro atoms.